The van der Waals surface area contributed by atoms with Crippen molar-refractivity contribution in [2.24, 2.45) is 0 Å². The van der Waals surface area contributed by atoms with Crippen LogP contribution in [0.4, 0.5) is 0 Å². The maximum absolute atomic E-state index is 8.84. The second kappa shape index (κ2) is 11.4. The average molecular weight is 279 g/mol. The first-order valence-electron chi connectivity index (χ1n) is 7.10. The molecule has 0 spiro atoms. The molecule has 0 aliphatic rings. The van der Waals surface area contributed by atoms with Crippen molar-refractivity contribution in [2.75, 3.05) is 13.2 Å². The van der Waals surface area contributed by atoms with E-state index in [2.05, 4.69) is 13.8 Å². The normalized spacial score (nSPS) is 12.7. The highest BCUT2D eigenvalue weighted by molar-refractivity contribution is 6.77. The molecular weight excluding hydrogens is 248 g/mol. The van der Waals surface area contributed by atoms with E-state index in [0.29, 0.717) is 13.2 Å². The van der Waals surface area contributed by atoms with E-state index in [-0.39, 0.29) is 9.76 Å². The van der Waals surface area contributed by atoms with E-state index in [1.807, 2.05) is 0 Å². The van der Waals surface area contributed by atoms with Crippen molar-refractivity contribution in [1.82, 2.24) is 0 Å². The third kappa shape index (κ3) is 8.10. The third-order valence-corrected chi connectivity index (χ3v) is 11.4. The second-order valence-corrected chi connectivity index (χ2v) is 11.3. The van der Waals surface area contributed by atoms with Crippen LogP contribution >= 0.6 is 0 Å². The average Bonchev–Trinajstić information content (AvgIpc) is 2.37. The fourth-order valence-corrected chi connectivity index (χ4v) is 9.30. The summed E-state index contributed by atoms with van der Waals surface area (Å²) in [6.45, 7) is 5.15. The minimum atomic E-state index is -1.45. The predicted molar refractivity (Wildman–Crippen MR) is 78.6 cm³/mol. The Morgan fingerprint density at radius 3 is 2.06 bits per heavy atom. The number of rotatable bonds is 12. The molecule has 0 saturated carbocycles. The van der Waals surface area contributed by atoms with Crippen molar-refractivity contribution in [1.29, 1.82) is 0 Å². The van der Waals surface area contributed by atoms with E-state index in [1.165, 1.54) is 24.2 Å². The standard InChI is InChI=1S/C12H30O3Si2/c1-3-17(4-2,12-8-6-10-14)15-16-11-7-5-9-13/h13-14H,3-12,16H2,1-2H3. The molecule has 2 N–H and O–H groups in total. The van der Waals surface area contributed by atoms with Gasteiger partial charge >= 0.3 is 0 Å². The summed E-state index contributed by atoms with van der Waals surface area (Å²) in [5, 5.41) is 17.6. The molecule has 0 aliphatic heterocycles. The maximum atomic E-state index is 8.84. The molecule has 0 atom stereocenters. The number of hydrogen-bond donors (Lipinski definition) is 2. The van der Waals surface area contributed by atoms with Crippen molar-refractivity contribution < 1.29 is 14.3 Å². The summed E-state index contributed by atoms with van der Waals surface area (Å²) in [4.78, 5) is 0. The Bertz CT molecular complexity index is 164. The number of hydrogen-bond acceptors (Lipinski definition) is 3. The van der Waals surface area contributed by atoms with E-state index in [0.717, 1.165) is 25.7 Å². The van der Waals surface area contributed by atoms with Crippen molar-refractivity contribution >= 4 is 18.1 Å². The molecule has 0 amide bonds. The van der Waals surface area contributed by atoms with Crippen LogP contribution in [0, 0.1) is 0 Å². The van der Waals surface area contributed by atoms with Gasteiger partial charge < -0.3 is 14.3 Å². The number of aliphatic hydroxyl groups excluding tert-OH is 2. The summed E-state index contributed by atoms with van der Waals surface area (Å²) < 4.78 is 6.34. The molecule has 0 radical (unpaired) electrons. The SMILES string of the molecule is CC[Si](CC)(CCCCO)O[SiH2]CCCCO. The van der Waals surface area contributed by atoms with E-state index in [1.54, 1.807) is 0 Å². The Morgan fingerprint density at radius 2 is 1.53 bits per heavy atom. The minimum absolute atomic E-state index is 0.311. The van der Waals surface area contributed by atoms with E-state index >= 15 is 0 Å². The number of aliphatic hydroxyl groups is 2. The summed E-state index contributed by atoms with van der Waals surface area (Å²) in [6, 6.07) is 4.84. The molecule has 0 bridgehead atoms. The first kappa shape index (κ1) is 17.3. The van der Waals surface area contributed by atoms with Gasteiger partial charge in [-0.2, -0.15) is 0 Å². The van der Waals surface area contributed by atoms with Gasteiger partial charge in [0.1, 0.15) is 9.76 Å². The van der Waals surface area contributed by atoms with Crippen LogP contribution < -0.4 is 0 Å². The molecule has 0 fully saturated rings. The zero-order valence-corrected chi connectivity index (χ0v) is 14.0. The van der Waals surface area contributed by atoms with Gasteiger partial charge in [-0.05, 0) is 37.0 Å². The first-order valence-corrected chi connectivity index (χ1v) is 11.2. The van der Waals surface area contributed by atoms with Crippen molar-refractivity contribution in [3.63, 3.8) is 0 Å². The van der Waals surface area contributed by atoms with Gasteiger partial charge in [0.15, 0.2) is 8.32 Å². The lowest BCUT2D eigenvalue weighted by molar-refractivity contribution is 0.286. The Hall–Kier alpha value is 0.314. The van der Waals surface area contributed by atoms with Crippen LogP contribution in [0.3, 0.4) is 0 Å². The summed E-state index contributed by atoms with van der Waals surface area (Å²) in [6.07, 6.45) is 4.09. The Labute approximate surface area is 110 Å². The molecule has 0 unspecified atom stereocenters. The highest BCUT2D eigenvalue weighted by atomic mass is 28.4. The van der Waals surface area contributed by atoms with Crippen LogP contribution in [-0.4, -0.2) is 41.5 Å². The molecule has 0 aromatic heterocycles. The van der Waals surface area contributed by atoms with Gasteiger partial charge in [0, 0.05) is 13.2 Å². The monoisotopic (exact) mass is 278 g/mol. The summed E-state index contributed by atoms with van der Waals surface area (Å²) in [5.41, 5.74) is 0. The zero-order chi connectivity index (χ0) is 13.0. The molecular formula is C12H30O3Si2. The van der Waals surface area contributed by atoms with Crippen LogP contribution in [0.5, 0.6) is 0 Å². The maximum Gasteiger partial charge on any atom is 0.178 e. The first-order chi connectivity index (χ1) is 8.24. The van der Waals surface area contributed by atoms with Gasteiger partial charge in [-0.1, -0.05) is 26.7 Å². The summed E-state index contributed by atoms with van der Waals surface area (Å²) in [7, 11) is -1.83. The summed E-state index contributed by atoms with van der Waals surface area (Å²) in [5.74, 6) is 0. The van der Waals surface area contributed by atoms with Gasteiger partial charge in [-0.25, -0.2) is 0 Å². The fourth-order valence-electron chi connectivity index (χ4n) is 2.12. The van der Waals surface area contributed by atoms with Crippen LogP contribution in [0.1, 0.15) is 39.5 Å². The molecule has 0 saturated heterocycles. The van der Waals surface area contributed by atoms with Crippen LogP contribution in [0.2, 0.25) is 24.2 Å². The second-order valence-electron chi connectivity index (χ2n) is 4.70. The molecule has 5 heteroatoms. The van der Waals surface area contributed by atoms with E-state index in [9.17, 15) is 0 Å². The minimum Gasteiger partial charge on any atom is -0.460 e. The van der Waals surface area contributed by atoms with Crippen LogP contribution in [0.15, 0.2) is 0 Å². The van der Waals surface area contributed by atoms with Crippen molar-refractivity contribution in [3.05, 3.63) is 0 Å². The Balaban J connectivity index is 3.85. The highest BCUT2D eigenvalue weighted by Crippen LogP contribution is 2.24. The van der Waals surface area contributed by atoms with Gasteiger partial charge in [0.05, 0.1) is 0 Å². The van der Waals surface area contributed by atoms with Crippen LogP contribution in [0.25, 0.3) is 0 Å². The molecule has 0 aromatic carbocycles. The van der Waals surface area contributed by atoms with Gasteiger partial charge in [0.2, 0.25) is 0 Å². The van der Waals surface area contributed by atoms with Gasteiger partial charge in [0.25, 0.3) is 0 Å². The highest BCUT2D eigenvalue weighted by Gasteiger charge is 2.29. The molecule has 0 aromatic rings. The Morgan fingerprint density at radius 1 is 0.941 bits per heavy atom. The van der Waals surface area contributed by atoms with Crippen LogP contribution in [-0.2, 0) is 4.12 Å². The molecule has 0 aliphatic carbocycles. The van der Waals surface area contributed by atoms with Gasteiger partial charge in [-0.15, -0.1) is 0 Å². The third-order valence-electron chi connectivity index (χ3n) is 3.54. The van der Waals surface area contributed by atoms with E-state index in [4.69, 9.17) is 14.3 Å². The topological polar surface area (TPSA) is 49.7 Å². The molecule has 3 nitrogen and oxygen atoms in total. The summed E-state index contributed by atoms with van der Waals surface area (Å²) >= 11 is 0. The quantitative estimate of drug-likeness (QED) is 0.424. The van der Waals surface area contributed by atoms with Crippen molar-refractivity contribution in [3.8, 4) is 0 Å². The fraction of sp³-hybridized carbons (Fsp3) is 1.00. The molecule has 104 valence electrons. The van der Waals surface area contributed by atoms with Crippen molar-refractivity contribution in [2.45, 2.75) is 63.7 Å². The lowest BCUT2D eigenvalue weighted by Crippen LogP contribution is -2.38. The smallest absolute Gasteiger partial charge is 0.178 e. The Kier molecular flexibility index (Phi) is 11.6. The number of unbranched alkanes of at least 4 members (excludes halogenated alkanes) is 2. The molecule has 0 rings (SSSR count). The lowest BCUT2D eigenvalue weighted by Gasteiger charge is -2.30. The molecule has 0 heterocycles. The van der Waals surface area contributed by atoms with E-state index < -0.39 is 8.32 Å². The zero-order valence-electron chi connectivity index (χ0n) is 11.6. The lowest BCUT2D eigenvalue weighted by atomic mass is 10.4. The molecule has 17 heavy (non-hydrogen) atoms. The largest absolute Gasteiger partial charge is 0.460 e. The van der Waals surface area contributed by atoms with Gasteiger partial charge in [-0.3, -0.25) is 0 Å². The predicted octanol–water partition coefficient (Wildman–Crippen LogP) is 2.04.